The van der Waals surface area contributed by atoms with E-state index in [0.29, 0.717) is 51.6 Å². The van der Waals surface area contributed by atoms with Crippen molar-refractivity contribution < 1.29 is 24.6 Å². The summed E-state index contributed by atoms with van der Waals surface area (Å²) in [5.41, 5.74) is 6.57. The Bertz CT molecular complexity index is 682. The Kier molecular flexibility index (Phi) is 9.08. The van der Waals surface area contributed by atoms with Crippen LogP contribution in [-0.2, 0) is 20.8 Å². The fraction of sp³-hybridized carbons (Fsp3) is 0.571. The fourth-order valence-electron chi connectivity index (χ4n) is 3.73. The standard InChI is InChI=1S/C21H31N3O5/c22-13-5-4-9-16(19(25)24-14-6-10-18(24)21(28)29)23-17(20(26)27)12-11-15-7-2-1-3-8-15/h1-3,7-8,16-18,23H,4-6,9-14,22H2,(H,26,27)(H,28,29)/t16-,17-,18-/m0/s1/i6+1,10+1,14+1,18+1,21+1,24+1. The summed E-state index contributed by atoms with van der Waals surface area (Å²) in [5, 5.41) is 22.0. The average molecular weight is 411 g/mol. The highest BCUT2D eigenvalue weighted by molar-refractivity contribution is 5.88. The normalized spacial score (nSPS) is 18.4. The summed E-state index contributed by atoms with van der Waals surface area (Å²) >= 11 is 0. The van der Waals surface area contributed by atoms with Crippen LogP contribution in [0.3, 0.4) is 0 Å². The van der Waals surface area contributed by atoms with Crippen molar-refractivity contribution in [1.82, 2.24) is 10.2 Å². The Hall–Kier alpha value is -2.45. The highest BCUT2D eigenvalue weighted by Gasteiger charge is 2.38. The molecule has 5 N–H and O–H groups in total. The number of aryl methyl sites for hydroxylation is 1. The van der Waals surface area contributed by atoms with Gasteiger partial charge in [-0.3, -0.25) is 14.9 Å². The van der Waals surface area contributed by atoms with Gasteiger partial charge in [-0.15, -0.1) is 0 Å². The van der Waals surface area contributed by atoms with Crippen molar-refractivity contribution in [2.75, 3.05) is 13.1 Å². The van der Waals surface area contributed by atoms with Crippen LogP contribution in [0.2, 0.25) is 0 Å². The Morgan fingerprint density at radius 2 is 1.83 bits per heavy atom. The molecule has 29 heavy (non-hydrogen) atoms. The van der Waals surface area contributed by atoms with Crippen LogP contribution in [0.1, 0.15) is 44.1 Å². The van der Waals surface area contributed by atoms with Crippen molar-refractivity contribution in [3.63, 3.8) is 0 Å². The third-order valence-corrected chi connectivity index (χ3v) is 5.33. The molecule has 8 heteroatoms. The lowest BCUT2D eigenvalue weighted by Gasteiger charge is -2.29. The number of unbranched alkanes of at least 4 members (excludes halogenated alkanes) is 1. The molecular formula is C21H31N3O5. The number of carbonyl (C=O) groups excluding carboxylic acids is 1. The van der Waals surface area contributed by atoms with Crippen LogP contribution in [0.5, 0.6) is 0 Å². The van der Waals surface area contributed by atoms with Gasteiger partial charge in [0.1, 0.15) is 12.1 Å². The molecule has 1 aromatic rings. The maximum Gasteiger partial charge on any atom is 0.326 e. The Balaban J connectivity index is 2.08. The molecule has 1 aromatic carbocycles. The van der Waals surface area contributed by atoms with E-state index in [1.807, 2.05) is 30.3 Å². The van der Waals surface area contributed by atoms with Gasteiger partial charge in [0.2, 0.25) is 5.91 Å². The number of nitrogens with two attached hydrogens (primary N) is 1. The smallest absolute Gasteiger partial charge is 0.326 e. The highest BCUT2D eigenvalue weighted by atomic mass is 16.5. The topological polar surface area (TPSA) is 133 Å². The van der Waals surface area contributed by atoms with Crippen molar-refractivity contribution in [1.29, 1.82) is 0 Å². The van der Waals surface area contributed by atoms with Crippen LogP contribution in [0.4, 0.5) is 0 Å². The number of carbonyl (C=O) groups is 3. The molecule has 1 aliphatic rings. The fourth-order valence-corrected chi connectivity index (χ4v) is 3.73. The highest BCUT2D eigenvalue weighted by Crippen LogP contribution is 2.20. The predicted octanol–water partition coefficient (Wildman–Crippen LogP) is 1.24. The lowest BCUT2D eigenvalue weighted by molar-refractivity contribution is -0.149. The molecule has 0 radical (unpaired) electrons. The first kappa shape index (κ1) is 22.8. The van der Waals surface area contributed by atoms with Gasteiger partial charge in [0, 0.05) is 6.54 Å². The van der Waals surface area contributed by atoms with Gasteiger partial charge in [-0.1, -0.05) is 36.8 Å². The van der Waals surface area contributed by atoms with Gasteiger partial charge in [0.05, 0.1) is 6.04 Å². The van der Waals surface area contributed by atoms with Crippen molar-refractivity contribution in [3.8, 4) is 0 Å². The lowest BCUT2D eigenvalue weighted by Crippen LogP contribution is -2.54. The minimum absolute atomic E-state index is 0.335. The van der Waals surface area contributed by atoms with Gasteiger partial charge < -0.3 is 20.8 Å². The zero-order valence-corrected chi connectivity index (χ0v) is 16.6. The van der Waals surface area contributed by atoms with Gasteiger partial charge >= 0.3 is 11.9 Å². The first-order chi connectivity index (χ1) is 13.9. The predicted molar refractivity (Wildman–Crippen MR) is 108 cm³/mol. The number of nitrogens with one attached hydrogen (secondary N) is 1. The third kappa shape index (κ3) is 6.83. The number of amides is 1. The number of carboxylic acid groups (broad SMARTS) is 2. The van der Waals surface area contributed by atoms with E-state index in [1.165, 1.54) is 4.90 Å². The quantitative estimate of drug-likeness (QED) is 0.231. The first-order valence-corrected chi connectivity index (χ1v) is 10.2. The van der Waals surface area contributed by atoms with Crippen LogP contribution in [0, 0.1) is 0 Å². The molecule has 1 fully saturated rings. The molecule has 1 saturated heterocycles. The first-order valence-electron chi connectivity index (χ1n) is 10.2. The van der Waals surface area contributed by atoms with E-state index in [-0.39, 0.29) is 5.91 Å². The monoisotopic (exact) mass is 411 g/mol. The maximum atomic E-state index is 13.1. The van der Waals surface area contributed by atoms with Crippen molar-refractivity contribution >= 4 is 17.8 Å². The number of rotatable bonds is 12. The van der Waals surface area contributed by atoms with Gasteiger partial charge in [0.15, 0.2) is 0 Å². The minimum Gasteiger partial charge on any atom is -0.480 e. The van der Waals surface area contributed by atoms with Gasteiger partial charge in [-0.25, -0.2) is 4.79 Å². The molecule has 0 unspecified atom stereocenters. The Labute approximate surface area is 171 Å². The zero-order chi connectivity index (χ0) is 21.2. The largest absolute Gasteiger partial charge is 0.480 e. The lowest BCUT2D eigenvalue weighted by atomic mass is 10.0. The van der Waals surface area contributed by atoms with E-state index in [2.05, 4.69) is 5.32 Å². The van der Waals surface area contributed by atoms with Crippen LogP contribution < -0.4 is 11.1 Å². The van der Waals surface area contributed by atoms with Crippen LogP contribution >= 0.6 is 0 Å². The molecule has 1 amide bonds. The molecule has 0 bridgehead atoms. The van der Waals surface area contributed by atoms with E-state index >= 15 is 0 Å². The van der Waals surface area contributed by atoms with Gasteiger partial charge in [-0.2, -0.15) is 0 Å². The molecule has 0 aliphatic carbocycles. The van der Waals surface area contributed by atoms with Crippen LogP contribution in [0.15, 0.2) is 30.3 Å². The van der Waals surface area contributed by atoms with E-state index in [4.69, 9.17) is 5.73 Å². The summed E-state index contributed by atoms with van der Waals surface area (Å²) in [7, 11) is 0. The molecule has 0 spiro atoms. The number of hydrogen-bond acceptors (Lipinski definition) is 5. The van der Waals surface area contributed by atoms with Crippen LogP contribution in [-0.4, -0.2) is 64.2 Å². The minimum atomic E-state index is -1.02. The van der Waals surface area contributed by atoms with E-state index in [9.17, 15) is 24.6 Å². The number of carboxylic acids is 2. The molecule has 1 aliphatic heterocycles. The number of aliphatic carboxylic acids is 2. The third-order valence-electron chi connectivity index (χ3n) is 5.33. The average Bonchev–Trinajstić information content (AvgIpc) is 3.20. The second kappa shape index (κ2) is 11.5. The second-order valence-electron chi connectivity index (χ2n) is 7.45. The number of benzene rings is 1. The number of hydrogen-bond donors (Lipinski definition) is 4. The zero-order valence-electron chi connectivity index (χ0n) is 16.6. The van der Waals surface area contributed by atoms with Crippen LogP contribution in [0.25, 0.3) is 0 Å². The Morgan fingerprint density at radius 1 is 1.10 bits per heavy atom. The second-order valence-corrected chi connectivity index (χ2v) is 7.45. The van der Waals surface area contributed by atoms with Crippen molar-refractivity contribution in [2.45, 2.75) is 63.1 Å². The number of likely N-dealkylation sites (tertiary alicyclic amines) is 1. The molecule has 2 rings (SSSR count). The van der Waals surface area contributed by atoms with Gasteiger partial charge in [-0.05, 0) is 50.6 Å². The maximum absolute atomic E-state index is 13.1. The summed E-state index contributed by atoms with van der Waals surface area (Å²) in [6.45, 7) is 0.866. The van der Waals surface area contributed by atoms with E-state index in [0.717, 1.165) is 12.0 Å². The molecule has 0 saturated carbocycles. The molecule has 1 heterocycles. The summed E-state index contributed by atoms with van der Waals surface area (Å²) < 4.78 is 0. The number of nitrogens with zero attached hydrogens (tertiary/aromatic N) is 1. The van der Waals surface area contributed by atoms with E-state index < -0.39 is 30.1 Å². The Morgan fingerprint density at radius 3 is 2.45 bits per heavy atom. The summed E-state index contributed by atoms with van der Waals surface area (Å²) in [6, 6.07) is 7.10. The van der Waals surface area contributed by atoms with Gasteiger partial charge in [0.25, 0.3) is 0 Å². The molecule has 8 nitrogen and oxygen atoms in total. The molecular weight excluding hydrogens is 380 g/mol. The molecule has 0 aromatic heterocycles. The van der Waals surface area contributed by atoms with Crippen molar-refractivity contribution in [2.24, 2.45) is 5.73 Å². The molecule has 3 atom stereocenters. The SMILES string of the molecule is NCCCC[C@H](N[C@@H](CCc1ccccc1)C(=O)O)C(=O)[15N]1[13CH2][13CH2][13CH2][13C@H]1[13C](=O)O. The molecule has 160 valence electrons. The summed E-state index contributed by atoms with van der Waals surface area (Å²) in [5.74, 6) is -2.37. The summed E-state index contributed by atoms with van der Waals surface area (Å²) in [6.07, 6.45) is 3.76. The van der Waals surface area contributed by atoms with Crippen molar-refractivity contribution in [3.05, 3.63) is 35.9 Å². The summed E-state index contributed by atoms with van der Waals surface area (Å²) in [4.78, 5) is 37.7. The van der Waals surface area contributed by atoms with E-state index in [1.54, 1.807) is 0 Å².